The van der Waals surface area contributed by atoms with Crippen molar-refractivity contribution in [2.45, 2.75) is 83.4 Å². The molecule has 0 aromatic carbocycles. The van der Waals surface area contributed by atoms with E-state index in [0.29, 0.717) is 17.4 Å². The summed E-state index contributed by atoms with van der Waals surface area (Å²) in [5.41, 5.74) is 0.359. The highest BCUT2D eigenvalue weighted by Gasteiger charge is 2.45. The second kappa shape index (κ2) is 7.61. The van der Waals surface area contributed by atoms with Crippen molar-refractivity contribution in [1.29, 1.82) is 0 Å². The predicted molar refractivity (Wildman–Crippen MR) is 95.9 cm³/mol. The van der Waals surface area contributed by atoms with Crippen LogP contribution in [0.3, 0.4) is 0 Å². The van der Waals surface area contributed by atoms with Crippen LogP contribution in [0.2, 0.25) is 0 Å². The van der Waals surface area contributed by atoms with Gasteiger partial charge >= 0.3 is 6.03 Å². The number of carbonyl (C=O) groups is 1. The number of urea groups is 1. The van der Waals surface area contributed by atoms with Gasteiger partial charge in [0.2, 0.25) is 0 Å². The lowest BCUT2D eigenvalue weighted by Gasteiger charge is -2.41. The monoisotopic (exact) mass is 337 g/mol. The van der Waals surface area contributed by atoms with Gasteiger partial charge in [-0.25, -0.2) is 4.79 Å². The van der Waals surface area contributed by atoms with Gasteiger partial charge in [-0.2, -0.15) is 0 Å². The van der Waals surface area contributed by atoms with E-state index in [9.17, 15) is 9.90 Å². The van der Waals surface area contributed by atoms with E-state index in [1.54, 1.807) is 0 Å². The number of nitrogens with zero attached hydrogens (tertiary/aromatic N) is 1. The lowest BCUT2D eigenvalue weighted by Crippen LogP contribution is -2.53. The highest BCUT2D eigenvalue weighted by atomic mass is 16.3. The molecule has 2 aliphatic carbocycles. The van der Waals surface area contributed by atoms with Crippen LogP contribution < -0.4 is 10.6 Å². The molecular weight excluding hydrogens is 302 g/mol. The molecular formula is C19H35N3O2. The van der Waals surface area contributed by atoms with E-state index in [1.807, 2.05) is 0 Å². The minimum absolute atomic E-state index is 0.00178. The second-order valence-electron chi connectivity index (χ2n) is 8.57. The molecule has 0 aromatic heterocycles. The van der Waals surface area contributed by atoms with E-state index in [0.717, 1.165) is 51.7 Å². The lowest BCUT2D eigenvalue weighted by atomic mass is 9.89. The molecule has 2 atom stereocenters. The minimum Gasteiger partial charge on any atom is -0.391 e. The van der Waals surface area contributed by atoms with Crippen molar-refractivity contribution >= 4 is 6.03 Å². The maximum Gasteiger partial charge on any atom is 0.315 e. The van der Waals surface area contributed by atoms with Crippen LogP contribution in [0.4, 0.5) is 4.79 Å². The summed E-state index contributed by atoms with van der Waals surface area (Å²) in [6.07, 6.45) is 8.78. The van der Waals surface area contributed by atoms with Crippen molar-refractivity contribution in [3.63, 3.8) is 0 Å². The average Bonchev–Trinajstić information content (AvgIpc) is 3.36. The molecule has 0 spiro atoms. The fraction of sp³-hybridized carbons (Fsp3) is 0.947. The smallest absolute Gasteiger partial charge is 0.315 e. The maximum atomic E-state index is 12.2. The first-order valence-electron chi connectivity index (χ1n) is 9.97. The first-order valence-corrected chi connectivity index (χ1v) is 9.97. The number of carbonyl (C=O) groups excluding carboxylic acids is 1. The predicted octanol–water partition coefficient (Wildman–Crippen LogP) is 2.49. The van der Waals surface area contributed by atoms with Crippen molar-refractivity contribution in [1.82, 2.24) is 15.5 Å². The lowest BCUT2D eigenvalue weighted by molar-refractivity contribution is 0.00776. The maximum absolute atomic E-state index is 12.2. The molecule has 2 saturated carbocycles. The number of hydrogen-bond donors (Lipinski definition) is 3. The van der Waals surface area contributed by atoms with E-state index in [-0.39, 0.29) is 18.2 Å². The zero-order chi connectivity index (χ0) is 17.2. The molecule has 3 fully saturated rings. The highest BCUT2D eigenvalue weighted by Crippen LogP contribution is 2.51. The van der Waals surface area contributed by atoms with Crippen molar-refractivity contribution in [2.24, 2.45) is 11.3 Å². The Morgan fingerprint density at radius 2 is 1.83 bits per heavy atom. The molecule has 3 N–H and O–H groups in total. The molecule has 0 bridgehead atoms. The van der Waals surface area contributed by atoms with Crippen LogP contribution in [0.1, 0.15) is 65.2 Å². The summed E-state index contributed by atoms with van der Waals surface area (Å²) in [6, 6.07) is 0.614. The number of aliphatic hydroxyl groups is 1. The Kier molecular flexibility index (Phi) is 5.70. The van der Waals surface area contributed by atoms with Gasteiger partial charge in [0.1, 0.15) is 0 Å². The molecule has 0 radical (unpaired) electrons. The largest absolute Gasteiger partial charge is 0.391 e. The van der Waals surface area contributed by atoms with Gasteiger partial charge in [0.05, 0.1) is 6.10 Å². The molecule has 5 heteroatoms. The van der Waals surface area contributed by atoms with Gasteiger partial charge in [0.25, 0.3) is 0 Å². The summed E-state index contributed by atoms with van der Waals surface area (Å²) in [5, 5.41) is 16.5. The second-order valence-corrected chi connectivity index (χ2v) is 8.57. The molecule has 138 valence electrons. The zero-order valence-corrected chi connectivity index (χ0v) is 15.4. The Balaban J connectivity index is 1.37. The molecule has 3 rings (SSSR count). The minimum atomic E-state index is -0.155. The Morgan fingerprint density at radius 1 is 1.17 bits per heavy atom. The summed E-state index contributed by atoms with van der Waals surface area (Å²) >= 11 is 0. The van der Waals surface area contributed by atoms with Crippen LogP contribution in [0, 0.1) is 11.3 Å². The van der Waals surface area contributed by atoms with E-state index < -0.39 is 0 Å². The fourth-order valence-electron chi connectivity index (χ4n) is 4.50. The number of amides is 2. The standard InChI is InChI=1S/C19H35N3O2/c1-14(2)19(9-10-19)13-20-18(24)21-15-7-11-22(12-8-15)16-5-3-4-6-17(16)23/h14-17,23H,3-13H2,1-2H3,(H2,20,21,24). The number of nitrogens with one attached hydrogen (secondary N) is 2. The van der Waals surface area contributed by atoms with E-state index in [2.05, 4.69) is 29.4 Å². The molecule has 2 unspecified atom stereocenters. The number of aliphatic hydroxyl groups excluding tert-OH is 1. The van der Waals surface area contributed by atoms with Gasteiger partial charge in [-0.1, -0.05) is 26.7 Å². The Labute approximate surface area is 146 Å². The van der Waals surface area contributed by atoms with Gasteiger partial charge in [-0.3, -0.25) is 4.90 Å². The molecule has 2 amide bonds. The fourth-order valence-corrected chi connectivity index (χ4v) is 4.50. The van der Waals surface area contributed by atoms with Crippen LogP contribution in [-0.2, 0) is 0 Å². The first kappa shape index (κ1) is 18.0. The van der Waals surface area contributed by atoms with Crippen LogP contribution >= 0.6 is 0 Å². The quantitative estimate of drug-likeness (QED) is 0.722. The highest BCUT2D eigenvalue weighted by molar-refractivity contribution is 5.74. The Bertz CT molecular complexity index is 428. The SMILES string of the molecule is CC(C)C1(CNC(=O)NC2CCN(C3CCCCC3O)CC2)CC1. The summed E-state index contributed by atoms with van der Waals surface area (Å²) in [4.78, 5) is 14.6. The summed E-state index contributed by atoms with van der Waals surface area (Å²) in [5.74, 6) is 0.642. The van der Waals surface area contributed by atoms with Gasteiger partial charge < -0.3 is 15.7 Å². The van der Waals surface area contributed by atoms with Crippen molar-refractivity contribution in [3.8, 4) is 0 Å². The van der Waals surface area contributed by atoms with Crippen LogP contribution in [0.25, 0.3) is 0 Å². The number of hydrogen-bond acceptors (Lipinski definition) is 3. The topological polar surface area (TPSA) is 64.6 Å². The van der Waals surface area contributed by atoms with Crippen LogP contribution in [0.15, 0.2) is 0 Å². The third kappa shape index (κ3) is 4.23. The molecule has 1 aliphatic heterocycles. The molecule has 3 aliphatic rings. The summed E-state index contributed by atoms with van der Waals surface area (Å²) in [6.45, 7) is 7.29. The Hall–Kier alpha value is -0.810. The normalized spacial score (nSPS) is 31.0. The number of rotatable bonds is 5. The average molecular weight is 338 g/mol. The van der Waals surface area contributed by atoms with Gasteiger partial charge in [0, 0.05) is 31.7 Å². The zero-order valence-electron chi connectivity index (χ0n) is 15.4. The van der Waals surface area contributed by atoms with E-state index in [1.165, 1.54) is 19.3 Å². The van der Waals surface area contributed by atoms with Crippen molar-refractivity contribution in [3.05, 3.63) is 0 Å². The number of likely N-dealkylation sites (tertiary alicyclic amines) is 1. The molecule has 24 heavy (non-hydrogen) atoms. The van der Waals surface area contributed by atoms with Gasteiger partial charge in [0.15, 0.2) is 0 Å². The molecule has 0 aromatic rings. The third-order valence-corrected chi connectivity index (χ3v) is 6.75. The van der Waals surface area contributed by atoms with Crippen LogP contribution in [0.5, 0.6) is 0 Å². The van der Waals surface area contributed by atoms with Crippen LogP contribution in [-0.4, -0.2) is 53.9 Å². The third-order valence-electron chi connectivity index (χ3n) is 6.75. The molecule has 1 saturated heterocycles. The van der Waals surface area contributed by atoms with E-state index >= 15 is 0 Å². The molecule has 5 nitrogen and oxygen atoms in total. The van der Waals surface area contributed by atoms with Crippen molar-refractivity contribution in [2.75, 3.05) is 19.6 Å². The van der Waals surface area contributed by atoms with E-state index in [4.69, 9.17) is 0 Å². The summed E-state index contributed by atoms with van der Waals surface area (Å²) < 4.78 is 0. The molecule has 1 heterocycles. The summed E-state index contributed by atoms with van der Waals surface area (Å²) in [7, 11) is 0. The number of piperidine rings is 1. The first-order chi connectivity index (χ1) is 11.5. The Morgan fingerprint density at radius 3 is 2.42 bits per heavy atom. The van der Waals surface area contributed by atoms with Gasteiger partial charge in [-0.05, 0) is 49.9 Å². The van der Waals surface area contributed by atoms with Gasteiger partial charge in [-0.15, -0.1) is 0 Å². The van der Waals surface area contributed by atoms with Crippen molar-refractivity contribution < 1.29 is 9.90 Å².